The third kappa shape index (κ3) is 2.29. The lowest BCUT2D eigenvalue weighted by Gasteiger charge is -2.18. The Morgan fingerprint density at radius 3 is 2.82 bits per heavy atom. The molecule has 1 aliphatic rings. The van der Waals surface area contributed by atoms with Crippen LogP contribution in [0.1, 0.15) is 16.8 Å². The van der Waals surface area contributed by atoms with Crippen LogP contribution in [0.25, 0.3) is 10.9 Å². The van der Waals surface area contributed by atoms with Crippen LogP contribution < -0.4 is 0 Å². The number of carbonyl (C=O) groups excluding carboxylic acids is 1. The Bertz CT molecular complexity index is 782. The molecule has 1 unspecified atom stereocenters. The highest BCUT2D eigenvalue weighted by Crippen LogP contribution is 2.30. The Hall–Kier alpha value is -2.21. The van der Waals surface area contributed by atoms with Gasteiger partial charge in [-0.2, -0.15) is 0 Å². The number of fused-ring (bicyclic) bond motifs is 1. The maximum atomic E-state index is 14.1. The largest absolute Gasteiger partial charge is 0.479 e. The Balaban J connectivity index is 1.98. The summed E-state index contributed by atoms with van der Waals surface area (Å²) >= 11 is 6.08. The van der Waals surface area contributed by atoms with Crippen LogP contribution in [-0.2, 0) is 4.79 Å². The minimum Gasteiger partial charge on any atom is -0.479 e. The van der Waals surface area contributed by atoms with Crippen molar-refractivity contribution in [2.24, 2.45) is 0 Å². The second kappa shape index (κ2) is 5.21. The first-order valence-corrected chi connectivity index (χ1v) is 7.05. The molecule has 1 aromatic carbocycles. The lowest BCUT2D eigenvalue weighted by atomic mass is 10.1. The quantitative estimate of drug-likeness (QED) is 0.922. The summed E-state index contributed by atoms with van der Waals surface area (Å²) < 4.78 is 14.1. The molecule has 1 atom stereocenters. The molecular weight excluding hydrogens is 311 g/mol. The molecule has 1 saturated heterocycles. The fourth-order valence-corrected chi connectivity index (χ4v) is 2.82. The Kier molecular flexibility index (Phi) is 3.48. The summed E-state index contributed by atoms with van der Waals surface area (Å²) in [5.41, 5.74) is -1.67. The molecule has 1 amide bonds. The number of pyridine rings is 1. The number of hydrogen-bond acceptors (Lipinski definition) is 3. The SMILES string of the molecule is O=C(c1ccc(Cl)c2cccnc12)N1CCC(F)(C(=O)O)C1. The van der Waals surface area contributed by atoms with Crippen LogP contribution in [0, 0.1) is 0 Å². The van der Waals surface area contributed by atoms with Gasteiger partial charge in [-0.15, -0.1) is 0 Å². The number of nitrogens with zero attached hydrogens (tertiary/aromatic N) is 2. The summed E-state index contributed by atoms with van der Waals surface area (Å²) in [6.45, 7) is -0.406. The van der Waals surface area contributed by atoms with Gasteiger partial charge in [0, 0.05) is 24.5 Å². The molecule has 1 aliphatic heterocycles. The van der Waals surface area contributed by atoms with Gasteiger partial charge in [0.25, 0.3) is 5.91 Å². The second-order valence-electron chi connectivity index (χ2n) is 5.24. The van der Waals surface area contributed by atoms with E-state index in [0.717, 1.165) is 0 Å². The smallest absolute Gasteiger partial charge is 0.343 e. The summed E-state index contributed by atoms with van der Waals surface area (Å²) in [4.78, 5) is 28.9. The molecule has 0 saturated carbocycles. The van der Waals surface area contributed by atoms with Gasteiger partial charge in [0.05, 0.1) is 22.6 Å². The number of hydrogen-bond donors (Lipinski definition) is 1. The normalized spacial score (nSPS) is 21.3. The van der Waals surface area contributed by atoms with E-state index in [4.69, 9.17) is 16.7 Å². The fourth-order valence-electron chi connectivity index (χ4n) is 2.60. The number of carbonyl (C=O) groups is 2. The summed E-state index contributed by atoms with van der Waals surface area (Å²) in [5, 5.41) is 10.00. The van der Waals surface area contributed by atoms with Crippen molar-refractivity contribution in [1.29, 1.82) is 0 Å². The molecule has 0 spiro atoms. The van der Waals surface area contributed by atoms with E-state index in [0.29, 0.717) is 15.9 Å². The Morgan fingerprint density at radius 1 is 1.36 bits per heavy atom. The van der Waals surface area contributed by atoms with E-state index in [1.54, 1.807) is 18.2 Å². The topological polar surface area (TPSA) is 70.5 Å². The van der Waals surface area contributed by atoms with Gasteiger partial charge in [-0.05, 0) is 24.3 Å². The fraction of sp³-hybridized carbons (Fsp3) is 0.267. The predicted molar refractivity (Wildman–Crippen MR) is 78.7 cm³/mol. The molecule has 1 fully saturated rings. The number of carboxylic acid groups (broad SMARTS) is 1. The maximum Gasteiger partial charge on any atom is 0.343 e. The lowest BCUT2D eigenvalue weighted by molar-refractivity contribution is -0.149. The zero-order valence-electron chi connectivity index (χ0n) is 11.4. The van der Waals surface area contributed by atoms with Crippen LogP contribution in [0.5, 0.6) is 0 Å². The number of halogens is 2. The average Bonchev–Trinajstić information content (AvgIpc) is 2.91. The van der Waals surface area contributed by atoms with Crippen LogP contribution >= 0.6 is 11.6 Å². The Labute approximate surface area is 130 Å². The standard InChI is InChI=1S/C15H12ClFN2O3/c16-11-4-3-10(12-9(11)2-1-6-18-12)13(20)19-7-5-15(17,8-19)14(21)22/h1-4,6H,5,7-8H2,(H,21,22). The molecule has 1 aromatic heterocycles. The highest BCUT2D eigenvalue weighted by Gasteiger charge is 2.47. The van der Waals surface area contributed by atoms with Crippen LogP contribution in [-0.4, -0.2) is 45.6 Å². The molecule has 0 aliphatic carbocycles. The molecule has 0 bridgehead atoms. The number of likely N-dealkylation sites (tertiary alicyclic amines) is 1. The van der Waals surface area contributed by atoms with E-state index in [1.807, 2.05) is 0 Å². The molecule has 0 radical (unpaired) electrons. The number of aliphatic carboxylic acids is 1. The number of alkyl halides is 1. The van der Waals surface area contributed by atoms with Crippen molar-refractivity contribution in [3.8, 4) is 0 Å². The van der Waals surface area contributed by atoms with E-state index < -0.39 is 24.1 Å². The minimum atomic E-state index is -2.38. The van der Waals surface area contributed by atoms with E-state index in [-0.39, 0.29) is 18.5 Å². The monoisotopic (exact) mass is 322 g/mol. The number of amides is 1. The van der Waals surface area contributed by atoms with Crippen molar-refractivity contribution in [3.05, 3.63) is 41.0 Å². The first kappa shape index (κ1) is 14.7. The molecule has 22 heavy (non-hydrogen) atoms. The van der Waals surface area contributed by atoms with E-state index >= 15 is 0 Å². The minimum absolute atomic E-state index is 0.0542. The summed E-state index contributed by atoms with van der Waals surface area (Å²) in [6, 6.07) is 6.55. The number of rotatable bonds is 2. The van der Waals surface area contributed by atoms with E-state index in [9.17, 15) is 14.0 Å². The molecule has 2 aromatic rings. The van der Waals surface area contributed by atoms with Crippen molar-refractivity contribution in [3.63, 3.8) is 0 Å². The predicted octanol–water partition coefficient (Wildman–Crippen LogP) is 2.53. The van der Waals surface area contributed by atoms with Crippen LogP contribution in [0.15, 0.2) is 30.5 Å². The summed E-state index contributed by atoms with van der Waals surface area (Å²) in [7, 11) is 0. The zero-order valence-corrected chi connectivity index (χ0v) is 12.2. The zero-order chi connectivity index (χ0) is 15.9. The van der Waals surface area contributed by atoms with Gasteiger partial charge in [-0.1, -0.05) is 11.6 Å². The van der Waals surface area contributed by atoms with Gasteiger partial charge in [0.1, 0.15) is 0 Å². The molecule has 2 heterocycles. The Morgan fingerprint density at radius 2 is 2.14 bits per heavy atom. The van der Waals surface area contributed by atoms with Gasteiger partial charge in [0.2, 0.25) is 5.67 Å². The van der Waals surface area contributed by atoms with Crippen LogP contribution in [0.4, 0.5) is 4.39 Å². The van der Waals surface area contributed by atoms with Crippen molar-refractivity contribution in [2.45, 2.75) is 12.1 Å². The first-order chi connectivity index (χ1) is 10.4. The van der Waals surface area contributed by atoms with Crippen LogP contribution in [0.2, 0.25) is 5.02 Å². The molecule has 114 valence electrons. The summed E-state index contributed by atoms with van der Waals surface area (Å²) in [6.07, 6.45) is 1.32. The average molecular weight is 323 g/mol. The highest BCUT2D eigenvalue weighted by atomic mass is 35.5. The third-order valence-electron chi connectivity index (χ3n) is 3.84. The first-order valence-electron chi connectivity index (χ1n) is 6.67. The van der Waals surface area contributed by atoms with Gasteiger partial charge >= 0.3 is 5.97 Å². The molecule has 7 heteroatoms. The van der Waals surface area contributed by atoms with Gasteiger partial charge in [0.15, 0.2) is 0 Å². The van der Waals surface area contributed by atoms with Crippen molar-refractivity contribution in [1.82, 2.24) is 9.88 Å². The van der Waals surface area contributed by atoms with E-state index in [2.05, 4.69) is 4.98 Å². The summed E-state index contributed by atoms with van der Waals surface area (Å²) in [5.74, 6) is -1.98. The number of aromatic nitrogens is 1. The van der Waals surface area contributed by atoms with E-state index in [1.165, 1.54) is 17.2 Å². The molecular formula is C15H12ClFN2O3. The van der Waals surface area contributed by atoms with Crippen molar-refractivity contribution < 1.29 is 19.1 Å². The maximum absolute atomic E-state index is 14.1. The molecule has 5 nitrogen and oxygen atoms in total. The van der Waals surface area contributed by atoms with Crippen molar-refractivity contribution >= 4 is 34.4 Å². The van der Waals surface area contributed by atoms with Gasteiger partial charge in [-0.25, -0.2) is 9.18 Å². The molecule has 1 N–H and O–H groups in total. The molecule has 3 rings (SSSR count). The van der Waals surface area contributed by atoms with Gasteiger partial charge < -0.3 is 10.0 Å². The second-order valence-corrected chi connectivity index (χ2v) is 5.65. The van der Waals surface area contributed by atoms with Crippen molar-refractivity contribution in [2.75, 3.05) is 13.1 Å². The lowest BCUT2D eigenvalue weighted by Crippen LogP contribution is -2.39. The number of benzene rings is 1. The highest BCUT2D eigenvalue weighted by molar-refractivity contribution is 6.36. The van der Waals surface area contributed by atoms with Gasteiger partial charge in [-0.3, -0.25) is 9.78 Å². The third-order valence-corrected chi connectivity index (χ3v) is 4.17. The number of carboxylic acids is 1. The van der Waals surface area contributed by atoms with Crippen LogP contribution in [0.3, 0.4) is 0 Å².